The molecule has 3 amide bonds. The van der Waals surface area contributed by atoms with Gasteiger partial charge in [-0.25, -0.2) is 0 Å². The molecule has 2 aliphatic rings. The zero-order valence-electron chi connectivity index (χ0n) is 15.6. The van der Waals surface area contributed by atoms with Crippen LogP contribution in [-0.4, -0.2) is 48.4 Å². The van der Waals surface area contributed by atoms with Crippen molar-refractivity contribution in [2.24, 2.45) is 5.92 Å². The number of nitrogens with one attached hydrogen (secondary N) is 2. The molecule has 2 N–H and O–H groups in total. The Morgan fingerprint density at radius 2 is 1.69 bits per heavy atom. The van der Waals surface area contributed by atoms with E-state index < -0.39 is 12.0 Å². The van der Waals surface area contributed by atoms with Gasteiger partial charge in [0, 0.05) is 19.0 Å². The van der Waals surface area contributed by atoms with Gasteiger partial charge >= 0.3 is 0 Å². The fraction of sp³-hybridized carbons (Fsp3) is 0.350. The number of nitrogens with zero attached hydrogens (tertiary/aromatic N) is 1. The van der Waals surface area contributed by atoms with Crippen LogP contribution in [0.1, 0.15) is 22.5 Å². The summed E-state index contributed by atoms with van der Waals surface area (Å²) in [4.78, 5) is 39.5. The van der Waals surface area contributed by atoms with Crippen molar-refractivity contribution in [3.05, 3.63) is 46.7 Å². The second-order valence-corrected chi connectivity index (χ2v) is 7.83. The number of carbonyl (C=O) groups is 3. The lowest BCUT2D eigenvalue weighted by molar-refractivity contribution is -0.136. The largest absolute Gasteiger partial charge is 0.485 e. The van der Waals surface area contributed by atoms with Gasteiger partial charge in [-0.3, -0.25) is 25.2 Å². The molecule has 1 saturated heterocycles. The third kappa shape index (κ3) is 4.34. The lowest BCUT2D eigenvalue weighted by Gasteiger charge is -2.31. The molecular formula is C20H21N3O5S. The molecule has 1 aromatic heterocycles. The molecule has 0 aliphatic carbocycles. The number of likely N-dealkylation sites (tertiary alicyclic amines) is 1. The third-order valence-electron chi connectivity index (χ3n) is 4.99. The van der Waals surface area contributed by atoms with Crippen molar-refractivity contribution >= 4 is 29.1 Å². The van der Waals surface area contributed by atoms with Gasteiger partial charge in [0.1, 0.15) is 6.61 Å². The molecule has 1 aromatic carbocycles. The van der Waals surface area contributed by atoms with Crippen LogP contribution in [0.5, 0.6) is 11.5 Å². The Labute approximate surface area is 171 Å². The first kappa shape index (κ1) is 19.3. The number of thiophene rings is 1. The number of para-hydroxylation sites is 2. The van der Waals surface area contributed by atoms with Crippen molar-refractivity contribution in [2.45, 2.75) is 18.9 Å². The van der Waals surface area contributed by atoms with E-state index in [1.54, 1.807) is 29.2 Å². The number of hydrogen-bond donors (Lipinski definition) is 2. The summed E-state index contributed by atoms with van der Waals surface area (Å²) >= 11 is 1.41. The summed E-state index contributed by atoms with van der Waals surface area (Å²) in [6.07, 6.45) is 0.264. The van der Waals surface area contributed by atoms with Crippen LogP contribution in [0.2, 0.25) is 0 Å². The lowest BCUT2D eigenvalue weighted by Crippen LogP contribution is -2.53. The Bertz CT molecular complexity index is 893. The Kier molecular flexibility index (Phi) is 5.66. The summed E-state index contributed by atoms with van der Waals surface area (Å²) in [6.45, 7) is 1.10. The quantitative estimate of drug-likeness (QED) is 0.742. The van der Waals surface area contributed by atoms with Crippen LogP contribution < -0.4 is 20.3 Å². The fourth-order valence-electron chi connectivity index (χ4n) is 3.36. The summed E-state index contributed by atoms with van der Waals surface area (Å²) in [5.74, 6) is 0.0862. The van der Waals surface area contributed by atoms with Crippen molar-refractivity contribution in [1.82, 2.24) is 15.8 Å². The van der Waals surface area contributed by atoms with Crippen molar-refractivity contribution in [3.8, 4) is 11.5 Å². The van der Waals surface area contributed by atoms with Gasteiger partial charge in [0.15, 0.2) is 11.5 Å². The van der Waals surface area contributed by atoms with Crippen LogP contribution in [0.15, 0.2) is 41.8 Å². The molecule has 8 nitrogen and oxygen atoms in total. The van der Waals surface area contributed by atoms with Gasteiger partial charge in [-0.15, -0.1) is 11.3 Å². The molecule has 2 aromatic rings. The van der Waals surface area contributed by atoms with E-state index in [9.17, 15) is 14.4 Å². The maximum absolute atomic E-state index is 12.4. The fourth-order valence-corrected chi connectivity index (χ4v) is 4.05. The van der Waals surface area contributed by atoms with Crippen LogP contribution in [0.4, 0.5) is 0 Å². The molecule has 0 bridgehead atoms. The summed E-state index contributed by atoms with van der Waals surface area (Å²) in [5.41, 5.74) is 4.88. The molecule has 2 aliphatic heterocycles. The highest BCUT2D eigenvalue weighted by atomic mass is 32.1. The number of hydrazine groups is 1. The number of piperidine rings is 1. The molecule has 0 radical (unpaired) electrons. The first-order valence-electron chi connectivity index (χ1n) is 9.43. The molecule has 152 valence electrons. The lowest BCUT2D eigenvalue weighted by atomic mass is 9.96. The highest BCUT2D eigenvalue weighted by Gasteiger charge is 2.30. The summed E-state index contributed by atoms with van der Waals surface area (Å²) in [7, 11) is 0. The summed E-state index contributed by atoms with van der Waals surface area (Å²) in [5, 5.41) is 1.87. The minimum Gasteiger partial charge on any atom is -0.485 e. The molecule has 9 heteroatoms. The maximum atomic E-state index is 12.4. The Morgan fingerprint density at radius 1 is 0.966 bits per heavy atom. The molecule has 4 rings (SSSR count). The first-order valence-corrected chi connectivity index (χ1v) is 10.3. The van der Waals surface area contributed by atoms with Gasteiger partial charge in [-0.05, 0) is 36.4 Å². The van der Waals surface area contributed by atoms with E-state index >= 15 is 0 Å². The second kappa shape index (κ2) is 8.52. The normalized spacial score (nSPS) is 18.8. The molecule has 1 atom stereocenters. The van der Waals surface area contributed by atoms with E-state index in [4.69, 9.17) is 9.47 Å². The van der Waals surface area contributed by atoms with Gasteiger partial charge in [-0.1, -0.05) is 18.2 Å². The average molecular weight is 415 g/mol. The zero-order valence-corrected chi connectivity index (χ0v) is 16.4. The molecule has 0 unspecified atom stereocenters. The highest BCUT2D eigenvalue weighted by Crippen LogP contribution is 2.30. The zero-order chi connectivity index (χ0) is 20.2. The van der Waals surface area contributed by atoms with Gasteiger partial charge in [-0.2, -0.15) is 0 Å². The third-order valence-corrected chi connectivity index (χ3v) is 5.85. The second-order valence-electron chi connectivity index (χ2n) is 6.89. The van der Waals surface area contributed by atoms with Gasteiger partial charge < -0.3 is 14.4 Å². The molecule has 0 saturated carbocycles. The van der Waals surface area contributed by atoms with E-state index in [-0.39, 0.29) is 24.3 Å². The molecule has 0 spiro atoms. The molecule has 3 heterocycles. The Balaban J connectivity index is 1.22. The number of rotatable bonds is 3. The number of amides is 3. The van der Waals surface area contributed by atoms with Crippen molar-refractivity contribution < 1.29 is 23.9 Å². The van der Waals surface area contributed by atoms with Crippen molar-refractivity contribution in [3.63, 3.8) is 0 Å². The Morgan fingerprint density at radius 3 is 2.41 bits per heavy atom. The van der Waals surface area contributed by atoms with E-state index in [1.165, 1.54) is 11.3 Å². The highest BCUT2D eigenvalue weighted by molar-refractivity contribution is 7.12. The van der Waals surface area contributed by atoms with Crippen LogP contribution in [-0.2, 0) is 9.59 Å². The smallest absolute Gasteiger partial charge is 0.283 e. The standard InChI is InChI=1S/C20H21N3O5S/c24-18(13-7-9-23(10-8-13)20(26)17-6-3-11-29-17)21-22-19(25)16-12-27-14-4-1-2-5-15(14)28-16/h1-6,11,13,16H,7-10,12H2,(H,21,24)(H,22,25)/t16-/m1/s1. The van der Waals surface area contributed by atoms with Crippen molar-refractivity contribution in [2.75, 3.05) is 19.7 Å². The Hall–Kier alpha value is -3.07. The van der Waals surface area contributed by atoms with Crippen LogP contribution >= 0.6 is 11.3 Å². The monoisotopic (exact) mass is 415 g/mol. The molecule has 1 fully saturated rings. The number of ether oxygens (including phenoxy) is 2. The minimum atomic E-state index is -0.838. The predicted molar refractivity (Wildman–Crippen MR) is 106 cm³/mol. The van der Waals surface area contributed by atoms with Crippen molar-refractivity contribution in [1.29, 1.82) is 0 Å². The maximum Gasteiger partial charge on any atom is 0.283 e. The number of benzene rings is 1. The van der Waals surface area contributed by atoms with E-state index in [0.717, 1.165) is 0 Å². The van der Waals surface area contributed by atoms with E-state index in [0.29, 0.717) is 42.3 Å². The molecule has 29 heavy (non-hydrogen) atoms. The summed E-state index contributed by atoms with van der Waals surface area (Å²) in [6, 6.07) is 10.7. The van der Waals surface area contributed by atoms with Gasteiger partial charge in [0.25, 0.3) is 11.8 Å². The van der Waals surface area contributed by atoms with Gasteiger partial charge in [0.2, 0.25) is 12.0 Å². The van der Waals surface area contributed by atoms with Gasteiger partial charge in [0.05, 0.1) is 4.88 Å². The van der Waals surface area contributed by atoms with Crippen LogP contribution in [0.3, 0.4) is 0 Å². The minimum absolute atomic E-state index is 0.00175. The molecular weight excluding hydrogens is 394 g/mol. The number of hydrogen-bond acceptors (Lipinski definition) is 6. The number of fused-ring (bicyclic) bond motifs is 1. The summed E-state index contributed by atoms with van der Waals surface area (Å²) < 4.78 is 11.1. The van der Waals surface area contributed by atoms with E-state index in [1.807, 2.05) is 17.5 Å². The first-order chi connectivity index (χ1) is 14.1. The SMILES string of the molecule is O=C(NNC(=O)[C@H]1COc2ccccc2O1)C1CCN(C(=O)c2cccs2)CC1. The number of carbonyl (C=O) groups excluding carboxylic acids is 3. The topological polar surface area (TPSA) is 97.0 Å². The van der Waals surface area contributed by atoms with E-state index in [2.05, 4.69) is 10.9 Å². The predicted octanol–water partition coefficient (Wildman–Crippen LogP) is 1.59. The van der Waals surface area contributed by atoms with Crippen LogP contribution in [0, 0.1) is 5.92 Å². The average Bonchev–Trinajstić information content (AvgIpc) is 3.31. The van der Waals surface area contributed by atoms with Crippen LogP contribution in [0.25, 0.3) is 0 Å².